The quantitative estimate of drug-likeness (QED) is 0.714. The predicted molar refractivity (Wildman–Crippen MR) is 60.3 cm³/mol. The van der Waals surface area contributed by atoms with E-state index < -0.39 is 17.4 Å². The van der Waals surface area contributed by atoms with Crippen LogP contribution in [0.2, 0.25) is 0 Å². The summed E-state index contributed by atoms with van der Waals surface area (Å²) < 4.78 is 20.0. The van der Waals surface area contributed by atoms with E-state index in [1.807, 2.05) is 0 Å². The molecule has 0 aromatic carbocycles. The Bertz CT molecular complexity index is 569. The van der Waals surface area contributed by atoms with Gasteiger partial charge >= 0.3 is 5.97 Å². The molecule has 2 heterocycles. The predicted octanol–water partition coefficient (Wildman–Crippen LogP) is 2.43. The number of carbonyl (C=O) groups is 1. The minimum Gasteiger partial charge on any atom is -0.455 e. The molecule has 0 saturated carbocycles. The van der Waals surface area contributed by atoms with Gasteiger partial charge in [-0.05, 0) is 32.9 Å². The van der Waals surface area contributed by atoms with Crippen LogP contribution in [0.25, 0.3) is 5.65 Å². The van der Waals surface area contributed by atoms with Crippen molar-refractivity contribution in [3.63, 3.8) is 0 Å². The molecule has 17 heavy (non-hydrogen) atoms. The van der Waals surface area contributed by atoms with E-state index in [-0.39, 0.29) is 11.3 Å². The zero-order chi connectivity index (χ0) is 12.6. The Morgan fingerprint density at radius 1 is 1.47 bits per heavy atom. The van der Waals surface area contributed by atoms with Crippen LogP contribution < -0.4 is 0 Å². The number of ether oxygens (including phenoxy) is 1. The summed E-state index contributed by atoms with van der Waals surface area (Å²) in [5.41, 5.74) is -0.371. The van der Waals surface area contributed by atoms with Crippen LogP contribution in [0.15, 0.2) is 24.5 Å². The first-order valence-electron chi connectivity index (χ1n) is 5.23. The molecule has 0 N–H and O–H groups in total. The highest BCUT2D eigenvalue weighted by Crippen LogP contribution is 2.14. The molecule has 90 valence electrons. The van der Waals surface area contributed by atoms with Crippen molar-refractivity contribution in [3.05, 3.63) is 36.0 Å². The lowest BCUT2D eigenvalue weighted by atomic mass is 10.2. The van der Waals surface area contributed by atoms with Crippen LogP contribution in [0.4, 0.5) is 4.39 Å². The Hall–Kier alpha value is -1.91. The Morgan fingerprint density at radius 3 is 2.76 bits per heavy atom. The van der Waals surface area contributed by atoms with Gasteiger partial charge in [-0.3, -0.25) is 0 Å². The zero-order valence-corrected chi connectivity index (χ0v) is 9.90. The average Bonchev–Trinajstić information content (AvgIpc) is 2.60. The number of imidazole rings is 1. The van der Waals surface area contributed by atoms with Crippen LogP contribution in [0.3, 0.4) is 0 Å². The fourth-order valence-corrected chi connectivity index (χ4v) is 1.41. The largest absolute Gasteiger partial charge is 0.455 e. The van der Waals surface area contributed by atoms with Gasteiger partial charge in [-0.2, -0.15) is 0 Å². The van der Waals surface area contributed by atoms with Crippen molar-refractivity contribution in [2.75, 3.05) is 0 Å². The molecule has 0 aliphatic heterocycles. The van der Waals surface area contributed by atoms with Gasteiger partial charge in [-0.1, -0.05) is 0 Å². The molecule has 2 aromatic rings. The third-order valence-electron chi connectivity index (χ3n) is 2.04. The molecule has 0 spiro atoms. The van der Waals surface area contributed by atoms with E-state index in [9.17, 15) is 9.18 Å². The number of halogens is 1. The monoisotopic (exact) mass is 236 g/mol. The van der Waals surface area contributed by atoms with Gasteiger partial charge in [0.1, 0.15) is 5.60 Å². The summed E-state index contributed by atoms with van der Waals surface area (Å²) in [6.45, 7) is 5.30. The first kappa shape index (κ1) is 11.6. The van der Waals surface area contributed by atoms with Gasteiger partial charge in [0.15, 0.2) is 17.2 Å². The third kappa shape index (κ3) is 2.43. The summed E-state index contributed by atoms with van der Waals surface area (Å²) in [5, 5.41) is 0. The number of fused-ring (bicyclic) bond motifs is 1. The van der Waals surface area contributed by atoms with Crippen molar-refractivity contribution in [2.45, 2.75) is 26.4 Å². The molecular weight excluding hydrogens is 223 g/mol. The van der Waals surface area contributed by atoms with Gasteiger partial charge < -0.3 is 9.14 Å². The second kappa shape index (κ2) is 3.84. The van der Waals surface area contributed by atoms with Crippen molar-refractivity contribution >= 4 is 11.6 Å². The molecule has 0 aliphatic carbocycles. The van der Waals surface area contributed by atoms with E-state index in [2.05, 4.69) is 4.98 Å². The maximum absolute atomic E-state index is 13.4. The van der Waals surface area contributed by atoms with Gasteiger partial charge in [0.05, 0.1) is 0 Å². The maximum Gasteiger partial charge on any atom is 0.359 e. The van der Waals surface area contributed by atoms with Gasteiger partial charge in [-0.25, -0.2) is 14.2 Å². The van der Waals surface area contributed by atoms with Crippen molar-refractivity contribution in [3.8, 4) is 0 Å². The van der Waals surface area contributed by atoms with E-state index in [0.29, 0.717) is 0 Å². The topological polar surface area (TPSA) is 43.6 Å². The van der Waals surface area contributed by atoms with Crippen molar-refractivity contribution in [2.24, 2.45) is 0 Å². The number of nitrogens with zero attached hydrogens (tertiary/aromatic N) is 2. The average molecular weight is 236 g/mol. The normalized spacial score (nSPS) is 11.8. The summed E-state index contributed by atoms with van der Waals surface area (Å²) >= 11 is 0. The van der Waals surface area contributed by atoms with Crippen LogP contribution in [0, 0.1) is 5.82 Å². The van der Waals surface area contributed by atoms with Gasteiger partial charge in [-0.15, -0.1) is 0 Å². The van der Waals surface area contributed by atoms with E-state index in [1.165, 1.54) is 16.7 Å². The molecule has 0 aliphatic rings. The molecule has 0 fully saturated rings. The van der Waals surface area contributed by atoms with Crippen molar-refractivity contribution in [1.82, 2.24) is 9.38 Å². The molecule has 2 aromatic heterocycles. The Labute approximate surface area is 98.0 Å². The maximum atomic E-state index is 13.4. The SMILES string of the molecule is CC(C)(C)OC(=O)c1cn2cccc(F)c2n1. The Kier molecular flexibility index (Phi) is 2.61. The molecule has 0 saturated heterocycles. The molecule has 4 nitrogen and oxygen atoms in total. The van der Waals surface area contributed by atoms with E-state index in [0.717, 1.165) is 0 Å². The molecule has 0 radical (unpaired) electrons. The number of rotatable bonds is 1. The summed E-state index contributed by atoms with van der Waals surface area (Å²) in [7, 11) is 0. The van der Waals surface area contributed by atoms with Crippen LogP contribution in [-0.4, -0.2) is 21.0 Å². The lowest BCUT2D eigenvalue weighted by Crippen LogP contribution is -2.24. The van der Waals surface area contributed by atoms with Gasteiger partial charge in [0.2, 0.25) is 0 Å². The first-order chi connectivity index (χ1) is 7.87. The highest BCUT2D eigenvalue weighted by atomic mass is 19.1. The molecule has 5 heteroatoms. The third-order valence-corrected chi connectivity index (χ3v) is 2.04. The summed E-state index contributed by atoms with van der Waals surface area (Å²) in [4.78, 5) is 15.6. The number of aromatic nitrogens is 2. The summed E-state index contributed by atoms with van der Waals surface area (Å²) in [6, 6.07) is 2.84. The summed E-state index contributed by atoms with van der Waals surface area (Å²) in [6.07, 6.45) is 3.08. The molecule has 0 atom stereocenters. The van der Waals surface area contributed by atoms with E-state index >= 15 is 0 Å². The van der Waals surface area contributed by atoms with Crippen LogP contribution >= 0.6 is 0 Å². The number of pyridine rings is 1. The van der Waals surface area contributed by atoms with Crippen molar-refractivity contribution < 1.29 is 13.9 Å². The smallest absolute Gasteiger partial charge is 0.359 e. The number of carbonyl (C=O) groups excluding carboxylic acids is 1. The van der Waals surface area contributed by atoms with Crippen LogP contribution in [0.1, 0.15) is 31.3 Å². The van der Waals surface area contributed by atoms with Crippen molar-refractivity contribution in [1.29, 1.82) is 0 Å². The molecule has 0 bridgehead atoms. The zero-order valence-electron chi connectivity index (χ0n) is 9.90. The highest BCUT2D eigenvalue weighted by molar-refractivity contribution is 5.88. The second-order valence-electron chi connectivity index (χ2n) is 4.72. The second-order valence-corrected chi connectivity index (χ2v) is 4.72. The standard InChI is InChI=1S/C12H13FN2O2/c1-12(2,3)17-11(16)9-7-15-6-4-5-8(13)10(15)14-9/h4-7H,1-3H3. The minimum absolute atomic E-state index is 0.102. The van der Waals surface area contributed by atoms with Crippen LogP contribution in [0.5, 0.6) is 0 Å². The fraction of sp³-hybridized carbons (Fsp3) is 0.333. The number of esters is 1. The summed E-state index contributed by atoms with van der Waals surface area (Å²) in [5.74, 6) is -1.03. The Balaban J connectivity index is 2.37. The molecular formula is C12H13FN2O2. The number of hydrogen-bond donors (Lipinski definition) is 0. The minimum atomic E-state index is -0.592. The molecule has 0 unspecified atom stereocenters. The van der Waals surface area contributed by atoms with E-state index in [4.69, 9.17) is 4.74 Å². The molecule has 2 rings (SSSR count). The fourth-order valence-electron chi connectivity index (χ4n) is 1.41. The molecule has 0 amide bonds. The van der Waals surface area contributed by atoms with Gasteiger partial charge in [0, 0.05) is 12.4 Å². The van der Waals surface area contributed by atoms with Gasteiger partial charge in [0.25, 0.3) is 0 Å². The lowest BCUT2D eigenvalue weighted by Gasteiger charge is -2.18. The van der Waals surface area contributed by atoms with Crippen LogP contribution in [-0.2, 0) is 4.74 Å². The number of hydrogen-bond acceptors (Lipinski definition) is 3. The Morgan fingerprint density at radius 2 is 2.18 bits per heavy atom. The highest BCUT2D eigenvalue weighted by Gasteiger charge is 2.20. The first-order valence-corrected chi connectivity index (χ1v) is 5.23. The lowest BCUT2D eigenvalue weighted by molar-refractivity contribution is 0.00636. The van der Waals surface area contributed by atoms with E-state index in [1.54, 1.807) is 33.0 Å².